The molecule has 1 amide bonds. The van der Waals surface area contributed by atoms with E-state index in [2.05, 4.69) is 4.74 Å². The summed E-state index contributed by atoms with van der Waals surface area (Å²) in [7, 11) is 0. The first-order chi connectivity index (χ1) is 15.2. The van der Waals surface area contributed by atoms with Crippen molar-refractivity contribution in [3.8, 4) is 5.75 Å². The van der Waals surface area contributed by atoms with E-state index in [9.17, 15) is 22.8 Å². The minimum Gasteiger partial charge on any atom is -0.492 e. The number of rotatable bonds is 15. The van der Waals surface area contributed by atoms with Gasteiger partial charge in [-0.05, 0) is 31.0 Å². The Morgan fingerprint density at radius 1 is 1.06 bits per heavy atom. The second kappa shape index (κ2) is 14.5. The molecule has 0 aliphatic carbocycles. The van der Waals surface area contributed by atoms with Gasteiger partial charge < -0.3 is 24.2 Å². The Morgan fingerprint density at radius 3 is 2.31 bits per heavy atom. The predicted octanol–water partition coefficient (Wildman–Crippen LogP) is 4.68. The first-order valence-electron chi connectivity index (χ1n) is 10.7. The van der Waals surface area contributed by atoms with Gasteiger partial charge in [-0.2, -0.15) is 13.2 Å². The zero-order valence-corrected chi connectivity index (χ0v) is 18.5. The summed E-state index contributed by atoms with van der Waals surface area (Å²) < 4.78 is 52.2. The highest BCUT2D eigenvalue weighted by molar-refractivity contribution is 5.72. The average molecular weight is 463 g/mol. The molecule has 0 radical (unpaired) electrons. The number of halogens is 3. The van der Waals surface area contributed by atoms with Crippen molar-refractivity contribution in [2.24, 2.45) is 0 Å². The molecule has 0 bridgehead atoms. The van der Waals surface area contributed by atoms with Crippen LogP contribution in [0.1, 0.15) is 45.1 Å². The number of carboxylic acids is 1. The Balaban J connectivity index is 2.57. The van der Waals surface area contributed by atoms with Crippen LogP contribution in [-0.4, -0.2) is 67.3 Å². The van der Waals surface area contributed by atoms with Crippen LogP contribution in [0.3, 0.4) is 0 Å². The summed E-state index contributed by atoms with van der Waals surface area (Å²) in [4.78, 5) is 24.4. The highest BCUT2D eigenvalue weighted by Gasteiger charge is 2.30. The van der Waals surface area contributed by atoms with Crippen LogP contribution in [0, 0.1) is 0 Å². The lowest BCUT2D eigenvalue weighted by Crippen LogP contribution is -2.37. The average Bonchev–Trinajstić information content (AvgIpc) is 2.74. The highest BCUT2D eigenvalue weighted by Crippen LogP contribution is 2.17. The molecule has 182 valence electrons. The Labute approximate surface area is 186 Å². The van der Waals surface area contributed by atoms with Crippen molar-refractivity contribution in [2.45, 2.75) is 58.2 Å². The van der Waals surface area contributed by atoms with Crippen molar-refractivity contribution in [3.63, 3.8) is 0 Å². The maximum Gasteiger partial charge on any atom is 0.422 e. The van der Waals surface area contributed by atoms with Gasteiger partial charge in [0.15, 0.2) is 12.7 Å². The van der Waals surface area contributed by atoms with Crippen molar-refractivity contribution in [1.82, 2.24) is 4.90 Å². The van der Waals surface area contributed by atoms with Crippen LogP contribution in [0.4, 0.5) is 18.0 Å². The van der Waals surface area contributed by atoms with E-state index in [1.54, 1.807) is 31.2 Å². The van der Waals surface area contributed by atoms with Crippen molar-refractivity contribution >= 4 is 12.1 Å². The van der Waals surface area contributed by atoms with E-state index in [4.69, 9.17) is 14.6 Å². The molecule has 1 unspecified atom stereocenters. The summed E-state index contributed by atoms with van der Waals surface area (Å²) >= 11 is 0. The van der Waals surface area contributed by atoms with Crippen LogP contribution in [0.15, 0.2) is 24.3 Å². The van der Waals surface area contributed by atoms with Gasteiger partial charge in [-0.3, -0.25) is 0 Å². The second-order valence-corrected chi connectivity index (χ2v) is 7.20. The van der Waals surface area contributed by atoms with Crippen LogP contribution in [0.25, 0.3) is 0 Å². The van der Waals surface area contributed by atoms with Crippen molar-refractivity contribution < 1.29 is 42.1 Å². The molecule has 0 fully saturated rings. The summed E-state index contributed by atoms with van der Waals surface area (Å²) in [6, 6.07) is 6.75. The van der Waals surface area contributed by atoms with Crippen LogP contribution in [0.2, 0.25) is 0 Å². The maximum absolute atomic E-state index is 12.3. The van der Waals surface area contributed by atoms with Gasteiger partial charge in [0, 0.05) is 19.6 Å². The number of hydrogen-bond donors (Lipinski definition) is 1. The fraction of sp³-hybridized carbons (Fsp3) is 0.636. The number of carbonyl (C=O) groups excluding carboxylic acids is 1. The van der Waals surface area contributed by atoms with E-state index in [1.165, 1.54) is 4.90 Å². The zero-order chi connectivity index (χ0) is 24.0. The number of amides is 1. The van der Waals surface area contributed by atoms with E-state index >= 15 is 0 Å². The van der Waals surface area contributed by atoms with E-state index < -0.39 is 30.9 Å². The molecule has 32 heavy (non-hydrogen) atoms. The van der Waals surface area contributed by atoms with Crippen LogP contribution in [0.5, 0.6) is 5.75 Å². The number of benzene rings is 1. The summed E-state index contributed by atoms with van der Waals surface area (Å²) in [5, 5.41) is 9.15. The van der Waals surface area contributed by atoms with Crippen LogP contribution in [-0.2, 0) is 20.7 Å². The predicted molar refractivity (Wildman–Crippen MR) is 112 cm³/mol. The topological polar surface area (TPSA) is 85.3 Å². The molecule has 10 heteroatoms. The molecule has 0 aliphatic heterocycles. The molecular formula is C22H32F3NO6. The summed E-state index contributed by atoms with van der Waals surface area (Å²) in [5.41, 5.74) is 0.756. The maximum atomic E-state index is 12.3. The van der Waals surface area contributed by atoms with Gasteiger partial charge in [0.1, 0.15) is 12.4 Å². The third kappa shape index (κ3) is 11.8. The summed E-state index contributed by atoms with van der Waals surface area (Å²) in [5.74, 6) is -0.546. The summed E-state index contributed by atoms with van der Waals surface area (Å²) in [6.07, 6.45) is -2.83. The van der Waals surface area contributed by atoms with E-state index in [1.807, 2.05) is 6.92 Å². The first-order valence-corrected chi connectivity index (χ1v) is 10.7. The molecule has 0 saturated carbocycles. The quantitative estimate of drug-likeness (QED) is 0.380. The second-order valence-electron chi connectivity index (χ2n) is 7.20. The fourth-order valence-electron chi connectivity index (χ4n) is 2.89. The van der Waals surface area contributed by atoms with E-state index in [0.717, 1.165) is 24.8 Å². The monoisotopic (exact) mass is 463 g/mol. The standard InChI is InChI=1S/C22H32F3NO6/c1-3-5-6-7-12-26(21(29)32-16-22(23,24)25)13-14-31-18-10-8-17(9-11-18)15-19(20(27)28)30-4-2/h8-11,19H,3-7,12-16H2,1-2H3,(H,27,28). The zero-order valence-electron chi connectivity index (χ0n) is 18.5. The molecule has 1 N–H and O–H groups in total. The first kappa shape index (κ1) is 27.5. The Hall–Kier alpha value is -2.49. The molecule has 0 saturated heterocycles. The molecule has 0 aromatic heterocycles. The van der Waals surface area contributed by atoms with Gasteiger partial charge in [0.25, 0.3) is 0 Å². The minimum absolute atomic E-state index is 0.0743. The largest absolute Gasteiger partial charge is 0.492 e. The smallest absolute Gasteiger partial charge is 0.422 e. The SMILES string of the molecule is CCCCCCN(CCOc1ccc(CC(OCC)C(=O)O)cc1)C(=O)OCC(F)(F)F. The number of nitrogens with zero attached hydrogens (tertiary/aromatic N) is 1. The number of ether oxygens (including phenoxy) is 3. The van der Waals surface area contributed by atoms with E-state index in [-0.39, 0.29) is 26.1 Å². The molecule has 0 aliphatic rings. The van der Waals surface area contributed by atoms with Gasteiger partial charge in [0.05, 0.1) is 6.54 Å². The number of unbranched alkanes of at least 4 members (excludes halogenated alkanes) is 3. The van der Waals surface area contributed by atoms with Gasteiger partial charge in [-0.25, -0.2) is 9.59 Å². The lowest BCUT2D eigenvalue weighted by molar-refractivity contribution is -0.162. The molecule has 1 rings (SSSR count). The van der Waals surface area contributed by atoms with E-state index in [0.29, 0.717) is 18.8 Å². The molecule has 7 nitrogen and oxygen atoms in total. The van der Waals surface area contributed by atoms with Gasteiger partial charge in [0.2, 0.25) is 0 Å². The highest BCUT2D eigenvalue weighted by atomic mass is 19.4. The Bertz CT molecular complexity index is 681. The molecule has 0 spiro atoms. The number of alkyl halides is 3. The lowest BCUT2D eigenvalue weighted by Gasteiger charge is -2.22. The molecular weight excluding hydrogens is 431 g/mol. The third-order valence-electron chi connectivity index (χ3n) is 4.52. The van der Waals surface area contributed by atoms with Crippen LogP contribution >= 0.6 is 0 Å². The normalized spacial score (nSPS) is 12.3. The number of carbonyl (C=O) groups is 2. The summed E-state index contributed by atoms with van der Waals surface area (Å²) in [6.45, 7) is 2.86. The van der Waals surface area contributed by atoms with Crippen molar-refractivity contribution in [1.29, 1.82) is 0 Å². The van der Waals surface area contributed by atoms with Crippen LogP contribution < -0.4 is 4.74 Å². The Morgan fingerprint density at radius 2 is 1.75 bits per heavy atom. The van der Waals surface area contributed by atoms with Gasteiger partial charge in [-0.15, -0.1) is 0 Å². The number of aliphatic carboxylic acids is 1. The third-order valence-corrected chi connectivity index (χ3v) is 4.52. The minimum atomic E-state index is -4.58. The molecule has 1 atom stereocenters. The number of carboxylic acid groups (broad SMARTS) is 1. The van der Waals surface area contributed by atoms with Crippen molar-refractivity contribution in [2.75, 3.05) is 32.9 Å². The number of hydrogen-bond acceptors (Lipinski definition) is 5. The van der Waals surface area contributed by atoms with Crippen molar-refractivity contribution in [3.05, 3.63) is 29.8 Å². The molecule has 0 heterocycles. The Kier molecular flexibility index (Phi) is 12.5. The molecule has 1 aromatic carbocycles. The lowest BCUT2D eigenvalue weighted by atomic mass is 10.1. The molecule has 1 aromatic rings. The van der Waals surface area contributed by atoms with Gasteiger partial charge in [-0.1, -0.05) is 38.3 Å². The van der Waals surface area contributed by atoms with Gasteiger partial charge >= 0.3 is 18.2 Å². The fourth-order valence-corrected chi connectivity index (χ4v) is 2.89.